The third-order valence-electron chi connectivity index (χ3n) is 3.27. The summed E-state index contributed by atoms with van der Waals surface area (Å²) in [5.41, 5.74) is 0. The molecule has 1 aliphatic carbocycles. The fourth-order valence-electron chi connectivity index (χ4n) is 1.85. The summed E-state index contributed by atoms with van der Waals surface area (Å²) in [7, 11) is 2.05. The maximum absolute atomic E-state index is 5.68. The standard InChI is InChI=1S/C16H33N3O2.HI/c1-5-17-16(18-8-10-20-12-14(2)3)19(4)9-11-21-13-15-6-7-15;/h14-15H,5-13H2,1-4H3,(H,17,18);1H. The zero-order valence-electron chi connectivity index (χ0n) is 14.6. The second-order valence-corrected chi connectivity index (χ2v) is 6.14. The summed E-state index contributed by atoms with van der Waals surface area (Å²) in [6.07, 6.45) is 2.69. The third kappa shape index (κ3) is 11.5. The van der Waals surface area contributed by atoms with Gasteiger partial charge in [-0.05, 0) is 31.6 Å². The van der Waals surface area contributed by atoms with Crippen LogP contribution in [0.25, 0.3) is 0 Å². The van der Waals surface area contributed by atoms with Crippen LogP contribution in [0.4, 0.5) is 0 Å². The molecule has 0 amide bonds. The highest BCUT2D eigenvalue weighted by molar-refractivity contribution is 14.0. The molecule has 132 valence electrons. The topological polar surface area (TPSA) is 46.1 Å². The number of likely N-dealkylation sites (N-methyl/N-ethyl adjacent to an activating group) is 1. The average molecular weight is 427 g/mol. The number of ether oxygens (including phenoxy) is 2. The van der Waals surface area contributed by atoms with E-state index >= 15 is 0 Å². The van der Waals surface area contributed by atoms with Crippen LogP contribution in [0, 0.1) is 11.8 Å². The van der Waals surface area contributed by atoms with E-state index in [1.165, 1.54) is 12.8 Å². The van der Waals surface area contributed by atoms with Gasteiger partial charge in [0.25, 0.3) is 0 Å². The number of rotatable bonds is 11. The number of guanidine groups is 1. The van der Waals surface area contributed by atoms with Gasteiger partial charge in [-0.1, -0.05) is 13.8 Å². The minimum Gasteiger partial charge on any atom is -0.379 e. The van der Waals surface area contributed by atoms with Crippen molar-refractivity contribution in [2.75, 3.05) is 53.1 Å². The largest absolute Gasteiger partial charge is 0.379 e. The van der Waals surface area contributed by atoms with Crippen LogP contribution in [-0.2, 0) is 9.47 Å². The zero-order valence-corrected chi connectivity index (χ0v) is 17.0. The number of halogens is 1. The summed E-state index contributed by atoms with van der Waals surface area (Å²) >= 11 is 0. The van der Waals surface area contributed by atoms with Crippen molar-refractivity contribution in [2.24, 2.45) is 16.8 Å². The van der Waals surface area contributed by atoms with E-state index in [1.807, 2.05) is 0 Å². The minimum atomic E-state index is 0. The van der Waals surface area contributed by atoms with E-state index in [-0.39, 0.29) is 24.0 Å². The molecule has 1 saturated carbocycles. The number of aliphatic imine (C=N–C) groups is 1. The summed E-state index contributed by atoms with van der Waals surface area (Å²) in [6.45, 7) is 12.0. The molecule has 0 radical (unpaired) electrons. The van der Waals surface area contributed by atoms with Gasteiger partial charge in [0.1, 0.15) is 0 Å². The molecule has 0 bridgehead atoms. The summed E-state index contributed by atoms with van der Waals surface area (Å²) < 4.78 is 11.2. The second-order valence-electron chi connectivity index (χ2n) is 6.14. The second kappa shape index (κ2) is 13.4. The van der Waals surface area contributed by atoms with Crippen LogP contribution in [0.5, 0.6) is 0 Å². The molecule has 1 rings (SSSR count). The van der Waals surface area contributed by atoms with Crippen LogP contribution in [0.2, 0.25) is 0 Å². The van der Waals surface area contributed by atoms with Gasteiger partial charge in [-0.3, -0.25) is 4.99 Å². The van der Waals surface area contributed by atoms with Gasteiger partial charge in [0.05, 0.1) is 19.8 Å². The predicted octanol–water partition coefficient (Wildman–Crippen LogP) is 2.60. The van der Waals surface area contributed by atoms with Gasteiger partial charge in [-0.15, -0.1) is 24.0 Å². The van der Waals surface area contributed by atoms with Crippen molar-refractivity contribution < 1.29 is 9.47 Å². The first-order valence-corrected chi connectivity index (χ1v) is 8.28. The molecule has 0 aromatic rings. The van der Waals surface area contributed by atoms with E-state index in [1.54, 1.807) is 0 Å². The number of hydrogen-bond donors (Lipinski definition) is 1. The van der Waals surface area contributed by atoms with E-state index in [4.69, 9.17) is 9.47 Å². The van der Waals surface area contributed by atoms with Crippen molar-refractivity contribution >= 4 is 29.9 Å². The Morgan fingerprint density at radius 1 is 1.27 bits per heavy atom. The van der Waals surface area contributed by atoms with E-state index < -0.39 is 0 Å². The molecule has 22 heavy (non-hydrogen) atoms. The molecule has 0 saturated heterocycles. The van der Waals surface area contributed by atoms with Gasteiger partial charge in [0, 0.05) is 33.4 Å². The first-order chi connectivity index (χ1) is 10.1. The van der Waals surface area contributed by atoms with Crippen molar-refractivity contribution in [1.82, 2.24) is 10.2 Å². The lowest BCUT2D eigenvalue weighted by molar-refractivity contribution is 0.113. The highest BCUT2D eigenvalue weighted by atomic mass is 127. The van der Waals surface area contributed by atoms with Crippen molar-refractivity contribution in [3.05, 3.63) is 0 Å². The Morgan fingerprint density at radius 3 is 2.59 bits per heavy atom. The Balaban J connectivity index is 0.00000441. The van der Waals surface area contributed by atoms with Crippen LogP contribution < -0.4 is 5.32 Å². The highest BCUT2D eigenvalue weighted by Crippen LogP contribution is 2.28. The predicted molar refractivity (Wildman–Crippen MR) is 103 cm³/mol. The van der Waals surface area contributed by atoms with E-state index in [9.17, 15) is 0 Å². The van der Waals surface area contributed by atoms with Crippen LogP contribution >= 0.6 is 24.0 Å². The molecule has 5 nitrogen and oxygen atoms in total. The highest BCUT2D eigenvalue weighted by Gasteiger charge is 2.21. The maximum Gasteiger partial charge on any atom is 0.193 e. The SMILES string of the molecule is CCNC(=NCCOCC(C)C)N(C)CCOCC1CC1.I. The molecule has 0 heterocycles. The van der Waals surface area contributed by atoms with Crippen molar-refractivity contribution in [1.29, 1.82) is 0 Å². The Bertz CT molecular complexity index is 297. The van der Waals surface area contributed by atoms with E-state index in [0.29, 0.717) is 19.1 Å². The quantitative estimate of drug-likeness (QED) is 0.238. The molecular formula is C16H34IN3O2. The Kier molecular flexibility index (Phi) is 13.3. The zero-order chi connectivity index (χ0) is 15.5. The van der Waals surface area contributed by atoms with Gasteiger partial charge in [-0.25, -0.2) is 0 Å². The van der Waals surface area contributed by atoms with E-state index in [2.05, 4.69) is 43.0 Å². The normalized spacial score (nSPS) is 14.9. The fourth-order valence-corrected chi connectivity index (χ4v) is 1.85. The Hall–Kier alpha value is -0.0800. The molecule has 6 heteroatoms. The number of hydrogen-bond acceptors (Lipinski definition) is 3. The third-order valence-corrected chi connectivity index (χ3v) is 3.27. The fraction of sp³-hybridized carbons (Fsp3) is 0.938. The molecule has 1 aliphatic rings. The van der Waals surface area contributed by atoms with Crippen molar-refractivity contribution in [3.63, 3.8) is 0 Å². The van der Waals surface area contributed by atoms with Gasteiger partial charge in [-0.2, -0.15) is 0 Å². The molecular weight excluding hydrogens is 393 g/mol. The Labute approximate surface area is 153 Å². The monoisotopic (exact) mass is 427 g/mol. The summed E-state index contributed by atoms with van der Waals surface area (Å²) in [4.78, 5) is 6.71. The first-order valence-electron chi connectivity index (χ1n) is 8.28. The molecule has 0 spiro atoms. The first kappa shape index (κ1) is 21.9. The van der Waals surface area contributed by atoms with Crippen LogP contribution in [0.1, 0.15) is 33.6 Å². The molecule has 0 aliphatic heterocycles. The number of nitrogens with one attached hydrogen (secondary N) is 1. The van der Waals surface area contributed by atoms with E-state index in [0.717, 1.165) is 44.8 Å². The lowest BCUT2D eigenvalue weighted by atomic mass is 10.2. The van der Waals surface area contributed by atoms with Crippen LogP contribution in [0.3, 0.4) is 0 Å². The van der Waals surface area contributed by atoms with Gasteiger partial charge < -0.3 is 19.7 Å². The van der Waals surface area contributed by atoms with Crippen molar-refractivity contribution in [2.45, 2.75) is 33.6 Å². The molecule has 0 unspecified atom stereocenters. The minimum absolute atomic E-state index is 0. The molecule has 1 N–H and O–H groups in total. The summed E-state index contributed by atoms with van der Waals surface area (Å²) in [5, 5.41) is 3.31. The lowest BCUT2D eigenvalue weighted by Crippen LogP contribution is -2.40. The van der Waals surface area contributed by atoms with Gasteiger partial charge >= 0.3 is 0 Å². The molecule has 1 fully saturated rings. The summed E-state index contributed by atoms with van der Waals surface area (Å²) in [6, 6.07) is 0. The molecule has 0 aromatic carbocycles. The lowest BCUT2D eigenvalue weighted by Gasteiger charge is -2.22. The average Bonchev–Trinajstić information content (AvgIpc) is 3.25. The maximum atomic E-state index is 5.68. The Morgan fingerprint density at radius 2 is 2.00 bits per heavy atom. The number of nitrogens with zero attached hydrogens (tertiary/aromatic N) is 2. The summed E-state index contributed by atoms with van der Waals surface area (Å²) in [5.74, 6) is 2.34. The van der Waals surface area contributed by atoms with Crippen LogP contribution in [0.15, 0.2) is 4.99 Å². The molecule has 0 aromatic heterocycles. The van der Waals surface area contributed by atoms with Crippen LogP contribution in [-0.4, -0.2) is 64.0 Å². The van der Waals surface area contributed by atoms with Gasteiger partial charge in [0.15, 0.2) is 5.96 Å². The van der Waals surface area contributed by atoms with Gasteiger partial charge in [0.2, 0.25) is 0 Å². The smallest absolute Gasteiger partial charge is 0.193 e. The molecule has 0 atom stereocenters. The van der Waals surface area contributed by atoms with Crippen molar-refractivity contribution in [3.8, 4) is 0 Å².